The highest BCUT2D eigenvalue weighted by Crippen LogP contribution is 2.54. The molecule has 0 bridgehead atoms. The van der Waals surface area contributed by atoms with Crippen LogP contribution >= 0.6 is 0 Å². The van der Waals surface area contributed by atoms with Crippen LogP contribution in [0, 0.1) is 13.8 Å². The standard InChI is InChI=1S/C64H50N2/c1-43-24-32-49(33-25-43)45(3)40-47-28-36-55(37-29-47)65(53-17-7-5-8-18-53)60-42-52-16-13-22-58-57-21-11-14-51-15-12-23-59(61(51)57)63(62(52)58)64(60)66(54-19-9-6-10-20-54)56-38-30-48(31-39-56)41-46(4)50-34-26-44(2)27-35-50/h5-39,42H,3-4,40-41H2,1-2H3. The molecule has 0 saturated heterocycles. The summed E-state index contributed by atoms with van der Waals surface area (Å²) < 4.78 is 0. The highest BCUT2D eigenvalue weighted by atomic mass is 15.2. The lowest BCUT2D eigenvalue weighted by Gasteiger charge is -2.35. The van der Waals surface area contributed by atoms with Gasteiger partial charge in [0.05, 0.1) is 11.4 Å². The Morgan fingerprint density at radius 1 is 0.364 bits per heavy atom. The van der Waals surface area contributed by atoms with E-state index in [4.69, 9.17) is 0 Å². The number of nitrogens with zero attached hydrogens (tertiary/aromatic N) is 2. The van der Waals surface area contributed by atoms with Gasteiger partial charge < -0.3 is 9.80 Å². The second-order valence-electron chi connectivity index (χ2n) is 17.7. The number of anilines is 6. The second kappa shape index (κ2) is 17.1. The van der Waals surface area contributed by atoms with Gasteiger partial charge in [0.2, 0.25) is 0 Å². The van der Waals surface area contributed by atoms with Crippen molar-refractivity contribution in [3.63, 3.8) is 0 Å². The fraction of sp³-hybridized carbons (Fsp3) is 0.0625. The van der Waals surface area contributed by atoms with Gasteiger partial charge in [-0.05, 0) is 152 Å². The fourth-order valence-electron chi connectivity index (χ4n) is 9.88. The Morgan fingerprint density at radius 3 is 1.30 bits per heavy atom. The van der Waals surface area contributed by atoms with E-state index in [0.717, 1.165) is 58.1 Å². The van der Waals surface area contributed by atoms with Crippen molar-refractivity contribution in [2.75, 3.05) is 9.80 Å². The van der Waals surface area contributed by atoms with E-state index < -0.39 is 0 Å². The van der Waals surface area contributed by atoms with Crippen molar-refractivity contribution < 1.29 is 0 Å². The Bertz CT molecular complexity index is 3530. The number of hydrogen-bond donors (Lipinski definition) is 0. The van der Waals surface area contributed by atoms with Gasteiger partial charge in [-0.2, -0.15) is 0 Å². The molecule has 0 unspecified atom stereocenters. The van der Waals surface area contributed by atoms with Gasteiger partial charge in [0.15, 0.2) is 0 Å². The van der Waals surface area contributed by atoms with Gasteiger partial charge in [-0.25, -0.2) is 0 Å². The summed E-state index contributed by atoms with van der Waals surface area (Å²) in [6.45, 7) is 13.3. The normalized spacial score (nSPS) is 11.4. The lowest BCUT2D eigenvalue weighted by Crippen LogP contribution is -2.18. The molecule has 0 amide bonds. The maximum absolute atomic E-state index is 4.51. The van der Waals surface area contributed by atoms with Crippen molar-refractivity contribution in [3.05, 3.63) is 265 Å². The molecule has 11 rings (SSSR count). The van der Waals surface area contributed by atoms with Crippen LogP contribution in [-0.2, 0) is 12.8 Å². The molecule has 2 nitrogen and oxygen atoms in total. The molecule has 0 aliphatic heterocycles. The van der Waals surface area contributed by atoms with Gasteiger partial charge in [0, 0.05) is 28.1 Å². The van der Waals surface area contributed by atoms with Gasteiger partial charge in [-0.15, -0.1) is 0 Å². The summed E-state index contributed by atoms with van der Waals surface area (Å²) in [7, 11) is 0. The predicted molar refractivity (Wildman–Crippen MR) is 285 cm³/mol. The average Bonchev–Trinajstić information content (AvgIpc) is 3.35. The molecule has 2 heteroatoms. The summed E-state index contributed by atoms with van der Waals surface area (Å²) >= 11 is 0. The van der Waals surface area contributed by atoms with Crippen molar-refractivity contribution in [1.29, 1.82) is 0 Å². The summed E-state index contributed by atoms with van der Waals surface area (Å²) in [6.07, 6.45) is 1.53. The molecule has 0 radical (unpaired) electrons. The van der Waals surface area contributed by atoms with Crippen molar-refractivity contribution >= 4 is 88.4 Å². The Morgan fingerprint density at radius 2 is 0.788 bits per heavy atom. The molecule has 0 aromatic heterocycles. The van der Waals surface area contributed by atoms with E-state index in [-0.39, 0.29) is 0 Å². The van der Waals surface area contributed by atoms with E-state index in [1.54, 1.807) is 0 Å². The Balaban J connectivity index is 1.16. The first kappa shape index (κ1) is 40.6. The minimum Gasteiger partial charge on any atom is -0.308 e. The zero-order chi connectivity index (χ0) is 44.7. The molecule has 0 atom stereocenters. The number of rotatable bonds is 12. The molecule has 316 valence electrons. The van der Waals surface area contributed by atoms with E-state index in [0.29, 0.717) is 0 Å². The van der Waals surface area contributed by atoms with Crippen LogP contribution in [0.2, 0.25) is 0 Å². The van der Waals surface area contributed by atoms with Crippen molar-refractivity contribution in [2.45, 2.75) is 26.7 Å². The molecular formula is C64H50N2. The molecule has 0 fully saturated rings. The van der Waals surface area contributed by atoms with E-state index in [1.165, 1.54) is 76.5 Å². The van der Waals surface area contributed by atoms with Crippen LogP contribution in [0.1, 0.15) is 33.4 Å². The minimum atomic E-state index is 0.763. The molecule has 11 aromatic rings. The van der Waals surface area contributed by atoms with E-state index in [2.05, 4.69) is 255 Å². The predicted octanol–water partition coefficient (Wildman–Crippen LogP) is 17.8. The third-order valence-corrected chi connectivity index (χ3v) is 13.2. The molecular weight excluding hydrogens is 797 g/mol. The Hall–Kier alpha value is -8.20. The number of fused-ring (bicyclic) bond motifs is 2. The largest absolute Gasteiger partial charge is 0.308 e. The zero-order valence-electron chi connectivity index (χ0n) is 37.5. The summed E-state index contributed by atoms with van der Waals surface area (Å²) in [5.41, 5.74) is 16.0. The summed E-state index contributed by atoms with van der Waals surface area (Å²) in [5.74, 6) is 0. The van der Waals surface area contributed by atoms with Crippen LogP contribution < -0.4 is 9.80 Å². The van der Waals surface area contributed by atoms with Crippen LogP contribution in [0.15, 0.2) is 232 Å². The average molecular weight is 847 g/mol. The highest BCUT2D eigenvalue weighted by molar-refractivity contribution is 6.37. The first-order chi connectivity index (χ1) is 32.4. The molecule has 0 N–H and O–H groups in total. The quantitative estimate of drug-likeness (QED) is 0.0893. The van der Waals surface area contributed by atoms with Crippen molar-refractivity contribution in [2.24, 2.45) is 0 Å². The fourth-order valence-corrected chi connectivity index (χ4v) is 9.88. The zero-order valence-corrected chi connectivity index (χ0v) is 37.5. The van der Waals surface area contributed by atoms with Crippen LogP contribution in [0.5, 0.6) is 0 Å². The molecule has 0 spiro atoms. The number of allylic oxidation sites excluding steroid dienone is 2. The summed E-state index contributed by atoms with van der Waals surface area (Å²) in [6, 6.07) is 80.0. The van der Waals surface area contributed by atoms with Crippen molar-refractivity contribution in [3.8, 4) is 0 Å². The number of aryl methyl sites for hydroxylation is 2. The van der Waals surface area contributed by atoms with Crippen molar-refractivity contribution in [1.82, 2.24) is 0 Å². The number of benzene rings is 11. The third kappa shape index (κ3) is 7.47. The maximum Gasteiger partial charge on any atom is 0.0788 e. The Kier molecular flexibility index (Phi) is 10.5. The second-order valence-corrected chi connectivity index (χ2v) is 17.7. The van der Waals surface area contributed by atoms with Gasteiger partial charge in [-0.3, -0.25) is 0 Å². The summed E-state index contributed by atoms with van der Waals surface area (Å²) in [5, 5.41) is 9.93. The monoisotopic (exact) mass is 846 g/mol. The first-order valence-corrected chi connectivity index (χ1v) is 22.9. The van der Waals surface area contributed by atoms with Crippen LogP contribution in [0.25, 0.3) is 54.2 Å². The molecule has 0 saturated carbocycles. The molecule has 0 aliphatic rings. The molecule has 66 heavy (non-hydrogen) atoms. The highest BCUT2D eigenvalue weighted by Gasteiger charge is 2.28. The van der Waals surface area contributed by atoms with E-state index in [9.17, 15) is 0 Å². The molecule has 0 heterocycles. The molecule has 11 aromatic carbocycles. The molecule has 0 aliphatic carbocycles. The van der Waals surface area contributed by atoms with Gasteiger partial charge in [0.25, 0.3) is 0 Å². The number of hydrogen-bond acceptors (Lipinski definition) is 2. The number of para-hydroxylation sites is 2. The lowest BCUT2D eigenvalue weighted by molar-refractivity contribution is 1.22. The first-order valence-electron chi connectivity index (χ1n) is 22.9. The van der Waals surface area contributed by atoms with Gasteiger partial charge >= 0.3 is 0 Å². The Labute approximate surface area is 388 Å². The van der Waals surface area contributed by atoms with E-state index in [1.807, 2.05) is 0 Å². The SMILES string of the molecule is C=C(Cc1ccc(N(c2ccccc2)c2cc3cccc4c5cccc6cccc(c(c2N(c2ccccc2)c2ccc(CC(=C)c7ccc(C)cc7)cc2)c34)c65)cc1)c1ccc(C)cc1. The lowest BCUT2D eigenvalue weighted by atomic mass is 9.87. The smallest absolute Gasteiger partial charge is 0.0788 e. The summed E-state index contributed by atoms with van der Waals surface area (Å²) in [4.78, 5) is 4.94. The topological polar surface area (TPSA) is 6.48 Å². The van der Waals surface area contributed by atoms with Gasteiger partial charge in [-0.1, -0.05) is 188 Å². The van der Waals surface area contributed by atoms with Gasteiger partial charge in [0.1, 0.15) is 0 Å². The van der Waals surface area contributed by atoms with Crippen LogP contribution in [0.4, 0.5) is 34.1 Å². The van der Waals surface area contributed by atoms with E-state index >= 15 is 0 Å². The maximum atomic E-state index is 4.51. The van der Waals surface area contributed by atoms with Crippen LogP contribution in [-0.4, -0.2) is 0 Å². The third-order valence-electron chi connectivity index (χ3n) is 13.2. The van der Waals surface area contributed by atoms with Crippen LogP contribution in [0.3, 0.4) is 0 Å². The minimum absolute atomic E-state index is 0.763.